The monoisotopic (exact) mass is 569 g/mol. The third-order valence-corrected chi connectivity index (χ3v) is 7.69. The molecular formula is C33H51N3O5. The van der Waals surface area contributed by atoms with Gasteiger partial charge in [-0.25, -0.2) is 0 Å². The maximum atomic E-state index is 10.7. The van der Waals surface area contributed by atoms with Crippen LogP contribution in [-0.4, -0.2) is 58.9 Å². The van der Waals surface area contributed by atoms with E-state index in [1.807, 2.05) is 30.5 Å². The summed E-state index contributed by atoms with van der Waals surface area (Å²) in [5.74, 6) is 1.47. The van der Waals surface area contributed by atoms with Crippen molar-refractivity contribution in [3.05, 3.63) is 71.3 Å². The maximum Gasteiger partial charge on any atom is 0.161 e. The molecule has 41 heavy (non-hydrogen) atoms. The number of nitrogens with one attached hydrogen (secondary N) is 2. The zero-order valence-corrected chi connectivity index (χ0v) is 24.7. The number of aliphatic hydroxyl groups excluding tert-OH is 2. The lowest BCUT2D eigenvalue weighted by Gasteiger charge is -2.22. The van der Waals surface area contributed by atoms with Gasteiger partial charge < -0.3 is 40.8 Å². The Morgan fingerprint density at radius 2 is 1.90 bits per heavy atom. The van der Waals surface area contributed by atoms with Crippen LogP contribution in [0, 0.1) is 5.92 Å². The van der Waals surface area contributed by atoms with Crippen LogP contribution < -0.4 is 15.8 Å². The number of unbranched alkanes of at least 4 members (excludes halogenated alkanes) is 4. The fourth-order valence-corrected chi connectivity index (χ4v) is 5.37. The molecule has 0 saturated carbocycles. The second-order valence-electron chi connectivity index (χ2n) is 11.1. The van der Waals surface area contributed by atoms with Crippen LogP contribution in [0.2, 0.25) is 0 Å². The lowest BCUT2D eigenvalue weighted by Crippen LogP contribution is -2.25. The molecule has 1 aromatic heterocycles. The lowest BCUT2D eigenvalue weighted by atomic mass is 9.89. The Labute approximate surface area is 245 Å². The third-order valence-electron chi connectivity index (χ3n) is 7.69. The van der Waals surface area contributed by atoms with Crippen LogP contribution in [-0.2, 0) is 17.6 Å². The van der Waals surface area contributed by atoms with Crippen LogP contribution in [0.4, 0.5) is 0 Å². The first-order chi connectivity index (χ1) is 20.0. The van der Waals surface area contributed by atoms with Gasteiger partial charge in [-0.2, -0.15) is 0 Å². The normalized spacial score (nSPS) is 15.5. The fourth-order valence-electron chi connectivity index (χ4n) is 5.37. The number of hydrogen-bond donors (Lipinski definition) is 6. The predicted molar refractivity (Wildman–Crippen MR) is 164 cm³/mol. The Bertz CT molecular complexity index is 1050. The number of hydrogen-bond acceptors (Lipinski definition) is 7. The van der Waals surface area contributed by atoms with Crippen LogP contribution >= 0.6 is 0 Å². The highest BCUT2D eigenvalue weighted by atomic mass is 16.5. The second kappa shape index (κ2) is 18.5. The first-order valence-electron chi connectivity index (χ1n) is 15.4. The first-order valence-corrected chi connectivity index (χ1v) is 15.4. The molecule has 3 rings (SSSR count). The summed E-state index contributed by atoms with van der Waals surface area (Å²) in [6.45, 7) is 3.66. The van der Waals surface area contributed by atoms with E-state index < -0.39 is 6.10 Å². The number of aliphatic hydroxyl groups is 2. The van der Waals surface area contributed by atoms with Gasteiger partial charge in [0.05, 0.1) is 37.8 Å². The minimum Gasteiger partial charge on any atom is -0.504 e. The van der Waals surface area contributed by atoms with Gasteiger partial charge in [-0.3, -0.25) is 0 Å². The van der Waals surface area contributed by atoms with Gasteiger partial charge in [0.1, 0.15) is 0 Å². The average molecular weight is 570 g/mol. The summed E-state index contributed by atoms with van der Waals surface area (Å²) in [7, 11) is 0. The SMILES string of the molecule is CCCCCCCC(CC(O)CCc1ccc(O)c(OCCC(Cc2ccc[nH]2)C2=CCNC(N)=C2)c1)OCCO. The van der Waals surface area contributed by atoms with E-state index in [1.54, 1.807) is 6.07 Å². The van der Waals surface area contributed by atoms with Gasteiger partial charge >= 0.3 is 0 Å². The van der Waals surface area contributed by atoms with Gasteiger partial charge in [0, 0.05) is 18.4 Å². The minimum absolute atomic E-state index is 0.00894. The number of H-pyrrole nitrogens is 1. The molecule has 8 heteroatoms. The van der Waals surface area contributed by atoms with Crippen LogP contribution in [0.15, 0.2) is 60.1 Å². The summed E-state index contributed by atoms with van der Waals surface area (Å²) in [5.41, 5.74) is 9.38. The molecule has 0 amide bonds. The van der Waals surface area contributed by atoms with Crippen LogP contribution in [0.25, 0.3) is 0 Å². The lowest BCUT2D eigenvalue weighted by molar-refractivity contribution is -0.00844. The number of nitrogens with two attached hydrogens (primary N) is 1. The summed E-state index contributed by atoms with van der Waals surface area (Å²) >= 11 is 0. The molecule has 1 aliphatic rings. The molecule has 0 saturated heterocycles. The summed E-state index contributed by atoms with van der Waals surface area (Å²) in [5, 5.41) is 33.5. The highest BCUT2D eigenvalue weighted by molar-refractivity contribution is 5.42. The van der Waals surface area contributed by atoms with Crippen molar-refractivity contribution < 1.29 is 24.8 Å². The number of aromatic nitrogens is 1. The Hall–Kier alpha value is -2.94. The molecule has 3 unspecified atom stereocenters. The summed E-state index contributed by atoms with van der Waals surface area (Å²) in [4.78, 5) is 3.29. The van der Waals surface area contributed by atoms with E-state index in [4.69, 9.17) is 15.2 Å². The van der Waals surface area contributed by atoms with E-state index in [0.29, 0.717) is 50.6 Å². The minimum atomic E-state index is -0.500. The van der Waals surface area contributed by atoms with Crippen molar-refractivity contribution in [2.24, 2.45) is 11.7 Å². The summed E-state index contributed by atoms with van der Waals surface area (Å²) in [6.07, 6.45) is 15.8. The van der Waals surface area contributed by atoms with Gasteiger partial charge in [-0.1, -0.05) is 51.2 Å². The van der Waals surface area contributed by atoms with Gasteiger partial charge in [0.2, 0.25) is 0 Å². The molecule has 0 bridgehead atoms. The Kier molecular flexibility index (Phi) is 14.7. The van der Waals surface area contributed by atoms with E-state index >= 15 is 0 Å². The van der Waals surface area contributed by atoms with Gasteiger partial charge in [-0.05, 0) is 85.9 Å². The summed E-state index contributed by atoms with van der Waals surface area (Å²) in [6, 6.07) is 9.50. The molecule has 0 fully saturated rings. The number of phenols is 1. The van der Waals surface area contributed by atoms with Crippen LogP contribution in [0.3, 0.4) is 0 Å². The van der Waals surface area contributed by atoms with Gasteiger partial charge in [0.25, 0.3) is 0 Å². The quantitative estimate of drug-likeness (QED) is 0.115. The standard InChI is InChI=1S/C33H51N3O5/c1-2-3-4-5-6-9-30(40-20-18-37)24-29(38)12-10-25-11-13-31(39)32(21-25)41-19-15-27(22-28-8-7-16-35-28)26-14-17-36-33(34)23-26/h7-8,11,13-14,16,21,23,27,29-30,35-39H,2-6,9-10,12,15,17-20,22,24,34H2,1H3. The highest BCUT2D eigenvalue weighted by Gasteiger charge is 2.18. The number of ether oxygens (including phenoxy) is 2. The molecule has 1 aliphatic heterocycles. The van der Waals surface area contributed by atoms with Crippen LogP contribution in [0.1, 0.15) is 76.0 Å². The Balaban J connectivity index is 1.50. The molecule has 2 heterocycles. The summed E-state index contributed by atoms with van der Waals surface area (Å²) < 4.78 is 11.9. The third kappa shape index (κ3) is 12.2. The van der Waals surface area contributed by atoms with Crippen molar-refractivity contribution in [3.63, 3.8) is 0 Å². The maximum absolute atomic E-state index is 10.7. The molecule has 8 nitrogen and oxygen atoms in total. The van der Waals surface area contributed by atoms with Crippen LogP contribution in [0.5, 0.6) is 11.5 Å². The number of dihydropyridines is 1. The number of phenolic OH excluding ortho intramolecular Hbond substituents is 1. The Morgan fingerprint density at radius 3 is 2.66 bits per heavy atom. The van der Waals surface area contributed by atoms with E-state index in [-0.39, 0.29) is 24.4 Å². The van der Waals surface area contributed by atoms with Crippen molar-refractivity contribution in [3.8, 4) is 11.5 Å². The van der Waals surface area contributed by atoms with E-state index in [2.05, 4.69) is 29.4 Å². The topological polar surface area (TPSA) is 133 Å². The number of aromatic hydroxyl groups is 1. The zero-order valence-electron chi connectivity index (χ0n) is 24.7. The van der Waals surface area contributed by atoms with E-state index in [1.165, 1.54) is 31.3 Å². The van der Waals surface area contributed by atoms with E-state index in [0.717, 1.165) is 36.9 Å². The molecule has 0 aliphatic carbocycles. The van der Waals surface area contributed by atoms with Crippen molar-refractivity contribution in [1.82, 2.24) is 10.3 Å². The molecular weight excluding hydrogens is 518 g/mol. The van der Waals surface area contributed by atoms with Gasteiger partial charge in [0.15, 0.2) is 11.5 Å². The largest absolute Gasteiger partial charge is 0.504 e. The van der Waals surface area contributed by atoms with Gasteiger partial charge in [-0.15, -0.1) is 0 Å². The molecule has 3 atom stereocenters. The fraction of sp³-hybridized carbons (Fsp3) is 0.576. The molecule has 0 spiro atoms. The predicted octanol–water partition coefficient (Wildman–Crippen LogP) is 5.10. The number of rotatable bonds is 21. The average Bonchev–Trinajstić information content (AvgIpc) is 3.48. The second-order valence-corrected chi connectivity index (χ2v) is 11.1. The van der Waals surface area contributed by atoms with Crippen molar-refractivity contribution >= 4 is 0 Å². The molecule has 2 aromatic rings. The molecule has 1 aromatic carbocycles. The first kappa shape index (κ1) is 32.6. The highest BCUT2D eigenvalue weighted by Crippen LogP contribution is 2.30. The van der Waals surface area contributed by atoms with Crippen molar-refractivity contribution in [1.29, 1.82) is 0 Å². The number of aromatic amines is 1. The molecule has 228 valence electrons. The molecule has 7 N–H and O–H groups in total. The number of allylic oxidation sites excluding steroid dienone is 2. The van der Waals surface area contributed by atoms with E-state index in [9.17, 15) is 15.3 Å². The zero-order chi connectivity index (χ0) is 29.3. The van der Waals surface area contributed by atoms with Crippen molar-refractivity contribution in [2.75, 3.05) is 26.4 Å². The van der Waals surface area contributed by atoms with Crippen molar-refractivity contribution in [2.45, 2.75) is 89.8 Å². The number of benzene rings is 1. The molecule has 0 radical (unpaired) electrons. The smallest absolute Gasteiger partial charge is 0.161 e. The Morgan fingerprint density at radius 1 is 1.05 bits per heavy atom. The number of aryl methyl sites for hydroxylation is 1.